The van der Waals surface area contributed by atoms with Gasteiger partial charge in [-0.25, -0.2) is 4.98 Å². The summed E-state index contributed by atoms with van der Waals surface area (Å²) in [5, 5.41) is 12.3. The molecule has 4 aromatic rings. The Morgan fingerprint density at radius 3 is 2.97 bits per heavy atom. The van der Waals surface area contributed by atoms with Gasteiger partial charge in [-0.2, -0.15) is 0 Å². The molecule has 32 heavy (non-hydrogen) atoms. The van der Waals surface area contributed by atoms with Crippen LogP contribution in [0.2, 0.25) is 0 Å². The fraction of sp³-hybridized carbons (Fsp3) is 0.391. The zero-order chi connectivity index (χ0) is 22.1. The number of allylic oxidation sites excluding steroid dienone is 1. The molecule has 1 aliphatic carbocycles. The summed E-state index contributed by atoms with van der Waals surface area (Å²) in [7, 11) is 0. The molecule has 0 spiro atoms. The van der Waals surface area contributed by atoms with Crippen LogP contribution in [-0.4, -0.2) is 24.7 Å². The summed E-state index contributed by atoms with van der Waals surface area (Å²) in [6.07, 6.45) is 9.62. The molecule has 0 aromatic carbocycles. The molecule has 9 heteroatoms. The molecule has 1 saturated carbocycles. The molecule has 0 radical (unpaired) electrons. The zero-order valence-corrected chi connectivity index (χ0v) is 19.5. The van der Waals surface area contributed by atoms with Crippen molar-refractivity contribution in [3.8, 4) is 11.3 Å². The van der Waals surface area contributed by atoms with Crippen molar-refractivity contribution in [2.24, 2.45) is 0 Å². The molecule has 4 heterocycles. The lowest BCUT2D eigenvalue weighted by molar-refractivity contribution is 0.415. The second-order valence-electron chi connectivity index (χ2n) is 8.09. The first-order valence-electron chi connectivity index (χ1n) is 10.9. The van der Waals surface area contributed by atoms with Gasteiger partial charge in [-0.05, 0) is 31.9 Å². The number of fused-ring (bicyclic) bond motifs is 1. The zero-order valence-electron chi connectivity index (χ0n) is 17.9. The second kappa shape index (κ2) is 9.07. The smallest absolute Gasteiger partial charge is 0.260 e. The van der Waals surface area contributed by atoms with Gasteiger partial charge < -0.3 is 14.0 Å². The molecule has 0 bridgehead atoms. The van der Waals surface area contributed by atoms with Gasteiger partial charge in [0.25, 0.3) is 5.56 Å². The minimum Gasteiger partial charge on any atom is -0.464 e. The molecule has 5 rings (SSSR count). The Morgan fingerprint density at radius 1 is 1.38 bits per heavy atom. The van der Waals surface area contributed by atoms with Crippen LogP contribution in [0, 0.1) is 0 Å². The average Bonchev–Trinajstić information content (AvgIpc) is 3.55. The van der Waals surface area contributed by atoms with Crippen LogP contribution >= 0.6 is 23.1 Å². The fourth-order valence-electron chi connectivity index (χ4n) is 4.34. The van der Waals surface area contributed by atoms with E-state index in [0.717, 1.165) is 29.4 Å². The van der Waals surface area contributed by atoms with E-state index in [1.807, 2.05) is 30.5 Å². The highest BCUT2D eigenvalue weighted by Gasteiger charge is 2.25. The molecule has 1 atom stereocenters. The van der Waals surface area contributed by atoms with Crippen LogP contribution in [-0.2, 0) is 6.54 Å². The van der Waals surface area contributed by atoms with E-state index in [9.17, 15) is 4.79 Å². The highest BCUT2D eigenvalue weighted by atomic mass is 32.2. The molecular weight excluding hydrogens is 442 g/mol. The lowest BCUT2D eigenvalue weighted by Gasteiger charge is -2.21. The Kier molecular flexibility index (Phi) is 6.01. The van der Waals surface area contributed by atoms with Crippen LogP contribution in [0.3, 0.4) is 0 Å². The number of aromatic amines is 1. The second-order valence-corrected chi connectivity index (χ2v) is 10.3. The SMILES string of the molecule is C=CCn1c(S[C@H](C)c2nc3scc(-c4ccco4)c3c(=O)[nH]2)nnc1C1CCCCC1. The van der Waals surface area contributed by atoms with Crippen molar-refractivity contribution in [1.29, 1.82) is 0 Å². The molecule has 1 fully saturated rings. The third kappa shape index (κ3) is 3.95. The predicted molar refractivity (Wildman–Crippen MR) is 128 cm³/mol. The van der Waals surface area contributed by atoms with Crippen LogP contribution in [0.5, 0.6) is 0 Å². The Morgan fingerprint density at radius 2 is 2.22 bits per heavy atom. The van der Waals surface area contributed by atoms with Crippen molar-refractivity contribution >= 4 is 33.3 Å². The largest absolute Gasteiger partial charge is 0.464 e. The molecule has 1 N–H and O–H groups in total. The number of hydrogen-bond donors (Lipinski definition) is 1. The summed E-state index contributed by atoms with van der Waals surface area (Å²) >= 11 is 3.02. The van der Waals surface area contributed by atoms with E-state index in [1.165, 1.54) is 30.6 Å². The first-order chi connectivity index (χ1) is 15.7. The summed E-state index contributed by atoms with van der Waals surface area (Å²) in [6, 6.07) is 3.66. The Hall–Kier alpha value is -2.65. The number of thioether (sulfide) groups is 1. The highest BCUT2D eigenvalue weighted by Crippen LogP contribution is 2.38. The number of nitrogens with zero attached hydrogens (tertiary/aromatic N) is 4. The lowest BCUT2D eigenvalue weighted by atomic mass is 9.89. The Bertz CT molecular complexity index is 1280. The highest BCUT2D eigenvalue weighted by molar-refractivity contribution is 7.99. The number of nitrogens with one attached hydrogen (secondary N) is 1. The molecule has 4 aromatic heterocycles. The van der Waals surface area contributed by atoms with Crippen LogP contribution in [0.1, 0.15) is 61.8 Å². The molecule has 166 valence electrons. The number of rotatable bonds is 7. The van der Waals surface area contributed by atoms with E-state index in [1.54, 1.807) is 18.0 Å². The van der Waals surface area contributed by atoms with Gasteiger partial charge in [0.15, 0.2) is 5.16 Å². The molecule has 1 aliphatic rings. The maximum atomic E-state index is 12.9. The predicted octanol–water partition coefficient (Wildman–Crippen LogP) is 5.92. The minimum atomic E-state index is -0.152. The van der Waals surface area contributed by atoms with E-state index in [2.05, 4.69) is 26.3 Å². The summed E-state index contributed by atoms with van der Waals surface area (Å²) in [5.74, 6) is 2.82. The normalized spacial score (nSPS) is 15.9. The monoisotopic (exact) mass is 467 g/mol. The molecule has 0 aliphatic heterocycles. The van der Waals surface area contributed by atoms with Crippen LogP contribution in [0.4, 0.5) is 0 Å². The summed E-state index contributed by atoms with van der Waals surface area (Å²) in [4.78, 5) is 21.4. The van der Waals surface area contributed by atoms with Gasteiger partial charge in [0.05, 0.1) is 16.9 Å². The van der Waals surface area contributed by atoms with Crippen molar-refractivity contribution in [1.82, 2.24) is 24.7 Å². The number of hydrogen-bond acceptors (Lipinski definition) is 7. The quantitative estimate of drug-likeness (QED) is 0.268. The van der Waals surface area contributed by atoms with Gasteiger partial charge in [-0.15, -0.1) is 28.1 Å². The van der Waals surface area contributed by atoms with Crippen molar-refractivity contribution in [2.75, 3.05) is 0 Å². The molecule has 0 saturated heterocycles. The Balaban J connectivity index is 1.44. The number of thiophene rings is 1. The van der Waals surface area contributed by atoms with Gasteiger partial charge in [0, 0.05) is 23.4 Å². The van der Waals surface area contributed by atoms with Crippen molar-refractivity contribution in [2.45, 2.75) is 61.9 Å². The van der Waals surface area contributed by atoms with Crippen molar-refractivity contribution < 1.29 is 4.42 Å². The number of aromatic nitrogens is 5. The van der Waals surface area contributed by atoms with Gasteiger partial charge in [0.2, 0.25) is 0 Å². The summed E-state index contributed by atoms with van der Waals surface area (Å²) in [5.41, 5.74) is 0.624. The average molecular weight is 468 g/mol. The van der Waals surface area contributed by atoms with Crippen LogP contribution in [0.15, 0.2) is 50.8 Å². The maximum absolute atomic E-state index is 12.9. The van der Waals surface area contributed by atoms with E-state index < -0.39 is 0 Å². The van der Waals surface area contributed by atoms with Gasteiger partial charge in [-0.1, -0.05) is 37.1 Å². The van der Waals surface area contributed by atoms with Gasteiger partial charge >= 0.3 is 0 Å². The summed E-state index contributed by atoms with van der Waals surface area (Å²) in [6.45, 7) is 6.62. The van der Waals surface area contributed by atoms with Crippen molar-refractivity contribution in [3.63, 3.8) is 0 Å². The van der Waals surface area contributed by atoms with E-state index in [-0.39, 0.29) is 10.8 Å². The van der Waals surface area contributed by atoms with E-state index in [4.69, 9.17) is 9.40 Å². The molecular formula is C23H25N5O2S2. The number of furan rings is 1. The van der Waals surface area contributed by atoms with Crippen LogP contribution in [0.25, 0.3) is 21.5 Å². The standard InChI is InChI=1S/C23H25N5O2S2/c1-3-11-28-20(15-8-5-4-6-9-15)26-27-23(28)32-14(2)19-24-21(29)18-16(13-31-22(18)25-19)17-10-7-12-30-17/h3,7,10,12-15H,1,4-6,8-9,11H2,2H3,(H,24,25,29)/t14-/m1/s1. The molecule has 0 amide bonds. The first kappa shape index (κ1) is 21.2. The van der Waals surface area contributed by atoms with E-state index >= 15 is 0 Å². The molecule has 0 unspecified atom stereocenters. The lowest BCUT2D eigenvalue weighted by Crippen LogP contribution is -2.14. The fourth-order valence-corrected chi connectivity index (χ4v) is 6.19. The topological polar surface area (TPSA) is 89.6 Å². The van der Waals surface area contributed by atoms with E-state index in [0.29, 0.717) is 34.3 Å². The summed E-state index contributed by atoms with van der Waals surface area (Å²) < 4.78 is 7.65. The number of H-pyrrole nitrogens is 1. The Labute approximate surface area is 194 Å². The van der Waals surface area contributed by atoms with Gasteiger partial charge in [0.1, 0.15) is 22.2 Å². The maximum Gasteiger partial charge on any atom is 0.260 e. The third-order valence-corrected chi connectivity index (χ3v) is 7.91. The van der Waals surface area contributed by atoms with Gasteiger partial charge in [-0.3, -0.25) is 4.79 Å². The minimum absolute atomic E-state index is 0.0896. The first-order valence-corrected chi connectivity index (χ1v) is 12.7. The third-order valence-electron chi connectivity index (χ3n) is 5.94. The van der Waals surface area contributed by atoms with Crippen molar-refractivity contribution in [3.05, 3.63) is 58.4 Å². The van der Waals surface area contributed by atoms with Crippen LogP contribution < -0.4 is 5.56 Å². The molecule has 7 nitrogen and oxygen atoms in total.